The van der Waals surface area contributed by atoms with Crippen LogP contribution >= 0.6 is 0 Å². The lowest BCUT2D eigenvalue weighted by Gasteiger charge is -2.36. The fraction of sp³-hybridized carbons (Fsp3) is 0.688. The molecule has 2 N–H and O–H groups in total. The van der Waals surface area contributed by atoms with Gasteiger partial charge in [-0.05, 0) is 25.2 Å². The Morgan fingerprint density at radius 2 is 2.12 bits per heavy atom. The minimum absolute atomic E-state index is 0.0534. The predicted octanol–water partition coefficient (Wildman–Crippen LogP) is 2.11. The molecule has 1 aliphatic heterocycles. The summed E-state index contributed by atoms with van der Waals surface area (Å²) in [7, 11) is 1.51. The fourth-order valence-corrected chi connectivity index (χ4v) is 3.24. The number of piperidine rings is 1. The van der Waals surface area contributed by atoms with E-state index in [0.29, 0.717) is 19.5 Å². The van der Waals surface area contributed by atoms with Gasteiger partial charge in [-0.15, -0.1) is 0 Å². The lowest BCUT2D eigenvalue weighted by Crippen LogP contribution is -2.43. The first-order valence-electron chi connectivity index (χ1n) is 8.02. The van der Waals surface area contributed by atoms with Crippen LogP contribution in [0.5, 0.6) is 0 Å². The highest BCUT2D eigenvalue weighted by Gasteiger charge is 2.34. The maximum absolute atomic E-state index is 13.1. The van der Waals surface area contributed by atoms with Gasteiger partial charge in [0.25, 0.3) is 12.3 Å². The molecule has 0 bridgehead atoms. The van der Waals surface area contributed by atoms with Crippen LogP contribution < -0.4 is 5.73 Å². The molecular formula is C16H24F2N4O2. The number of primary amides is 1. The number of aromatic nitrogens is 2. The summed E-state index contributed by atoms with van der Waals surface area (Å²) in [5.41, 5.74) is 4.22. The van der Waals surface area contributed by atoms with Gasteiger partial charge in [-0.1, -0.05) is 13.8 Å². The molecule has 0 spiro atoms. The number of carbonyl (C=O) groups excluding carboxylic acids is 2. The van der Waals surface area contributed by atoms with Crippen molar-refractivity contribution < 1.29 is 18.4 Å². The van der Waals surface area contributed by atoms with Crippen LogP contribution in [-0.2, 0) is 11.8 Å². The third kappa shape index (κ3) is 3.91. The Morgan fingerprint density at radius 1 is 1.46 bits per heavy atom. The molecule has 1 aromatic rings. The zero-order valence-corrected chi connectivity index (χ0v) is 14.3. The highest BCUT2D eigenvalue weighted by Crippen LogP contribution is 2.31. The van der Waals surface area contributed by atoms with E-state index in [2.05, 4.69) is 5.10 Å². The monoisotopic (exact) mass is 342 g/mol. The Hall–Kier alpha value is -1.99. The Labute approximate surface area is 140 Å². The molecule has 1 aromatic heterocycles. The third-order valence-corrected chi connectivity index (χ3v) is 4.57. The molecule has 0 aliphatic carbocycles. The van der Waals surface area contributed by atoms with Crippen molar-refractivity contribution in [3.63, 3.8) is 0 Å². The normalized spacial score (nSPS) is 18.9. The van der Waals surface area contributed by atoms with Crippen LogP contribution in [-0.4, -0.2) is 39.6 Å². The van der Waals surface area contributed by atoms with Gasteiger partial charge in [-0.25, -0.2) is 8.78 Å². The van der Waals surface area contributed by atoms with Crippen molar-refractivity contribution in [1.29, 1.82) is 0 Å². The number of aryl methyl sites for hydroxylation is 1. The van der Waals surface area contributed by atoms with Gasteiger partial charge >= 0.3 is 0 Å². The first-order valence-corrected chi connectivity index (χ1v) is 8.02. The zero-order chi connectivity index (χ0) is 18.1. The number of likely N-dealkylation sites (tertiary alicyclic amines) is 1. The number of hydrogen-bond donors (Lipinski definition) is 1. The van der Waals surface area contributed by atoms with E-state index in [1.807, 2.05) is 0 Å². The van der Waals surface area contributed by atoms with Crippen molar-refractivity contribution in [3.05, 3.63) is 17.5 Å². The summed E-state index contributed by atoms with van der Waals surface area (Å²) < 4.78 is 27.3. The lowest BCUT2D eigenvalue weighted by atomic mass is 9.79. The van der Waals surface area contributed by atoms with Crippen molar-refractivity contribution in [3.8, 4) is 0 Å². The van der Waals surface area contributed by atoms with Crippen LogP contribution in [0.25, 0.3) is 0 Å². The predicted molar refractivity (Wildman–Crippen MR) is 84.4 cm³/mol. The zero-order valence-electron chi connectivity index (χ0n) is 14.3. The van der Waals surface area contributed by atoms with Crippen molar-refractivity contribution in [1.82, 2.24) is 14.7 Å². The van der Waals surface area contributed by atoms with E-state index in [0.717, 1.165) is 12.8 Å². The molecule has 1 saturated heterocycles. The van der Waals surface area contributed by atoms with Crippen molar-refractivity contribution >= 4 is 11.8 Å². The highest BCUT2D eigenvalue weighted by molar-refractivity contribution is 5.95. The second-order valence-corrected chi connectivity index (χ2v) is 7.11. The molecule has 134 valence electrons. The first-order chi connectivity index (χ1) is 11.1. The number of halogens is 2. The third-order valence-electron chi connectivity index (χ3n) is 4.57. The number of rotatable bonds is 5. The molecule has 8 heteroatoms. The van der Waals surface area contributed by atoms with Crippen molar-refractivity contribution in [2.45, 2.75) is 39.5 Å². The molecule has 2 rings (SSSR count). The van der Waals surface area contributed by atoms with Gasteiger partial charge in [0, 0.05) is 31.7 Å². The maximum Gasteiger partial charge on any atom is 0.282 e. The minimum Gasteiger partial charge on any atom is -0.369 e. The summed E-state index contributed by atoms with van der Waals surface area (Å²) in [5.74, 6) is -0.685. The van der Waals surface area contributed by atoms with Crippen LogP contribution in [0.1, 0.15) is 55.6 Å². The van der Waals surface area contributed by atoms with Gasteiger partial charge in [-0.2, -0.15) is 5.10 Å². The van der Waals surface area contributed by atoms with E-state index in [9.17, 15) is 18.4 Å². The summed E-state index contributed by atoms with van der Waals surface area (Å²) >= 11 is 0. The molecule has 0 radical (unpaired) electrons. The smallest absolute Gasteiger partial charge is 0.282 e. The Bertz CT molecular complexity index is 628. The number of amides is 2. The standard InChI is InChI=1S/C16H24F2N4O2/c1-16(2,15(19)24)7-10-5-4-6-22(8-10)14(23)11-9-21(3)20-12(11)13(17)18/h9-10,13H,4-8H2,1-3H3,(H2,19,24). The van der Waals surface area contributed by atoms with Gasteiger partial charge in [0.2, 0.25) is 5.91 Å². The Kier molecular flexibility index (Phi) is 5.25. The second-order valence-electron chi connectivity index (χ2n) is 7.11. The average Bonchev–Trinajstić information content (AvgIpc) is 2.88. The van der Waals surface area contributed by atoms with Crippen LogP contribution in [0.2, 0.25) is 0 Å². The summed E-state index contributed by atoms with van der Waals surface area (Å²) in [5, 5.41) is 3.69. The quantitative estimate of drug-likeness (QED) is 0.890. The van der Waals surface area contributed by atoms with Crippen LogP contribution in [0, 0.1) is 11.3 Å². The summed E-state index contributed by atoms with van der Waals surface area (Å²) in [6.07, 6.45) is 0.770. The Morgan fingerprint density at radius 3 is 2.71 bits per heavy atom. The molecule has 2 amide bonds. The van der Waals surface area contributed by atoms with E-state index in [4.69, 9.17) is 5.73 Å². The summed E-state index contributed by atoms with van der Waals surface area (Å²) in [6, 6.07) is 0. The van der Waals surface area contributed by atoms with Crippen LogP contribution in [0.15, 0.2) is 6.20 Å². The molecule has 1 fully saturated rings. The maximum atomic E-state index is 13.1. The molecular weight excluding hydrogens is 318 g/mol. The number of hydrogen-bond acceptors (Lipinski definition) is 3. The van der Waals surface area contributed by atoms with Gasteiger partial charge < -0.3 is 10.6 Å². The van der Waals surface area contributed by atoms with E-state index >= 15 is 0 Å². The van der Waals surface area contributed by atoms with Crippen LogP contribution in [0.4, 0.5) is 8.78 Å². The number of nitrogens with zero attached hydrogens (tertiary/aromatic N) is 3. The van der Waals surface area contributed by atoms with E-state index < -0.39 is 23.4 Å². The molecule has 1 unspecified atom stereocenters. The molecule has 2 heterocycles. The number of alkyl halides is 2. The lowest BCUT2D eigenvalue weighted by molar-refractivity contribution is -0.127. The van der Waals surface area contributed by atoms with E-state index in [-0.39, 0.29) is 17.4 Å². The first kappa shape index (κ1) is 18.4. The average molecular weight is 342 g/mol. The van der Waals surface area contributed by atoms with E-state index in [1.165, 1.54) is 17.9 Å². The SMILES string of the molecule is Cn1cc(C(=O)N2CCCC(CC(C)(C)C(N)=O)C2)c(C(F)F)n1. The van der Waals surface area contributed by atoms with E-state index in [1.54, 1.807) is 18.7 Å². The van der Waals surface area contributed by atoms with Crippen molar-refractivity contribution in [2.75, 3.05) is 13.1 Å². The van der Waals surface area contributed by atoms with Crippen molar-refractivity contribution in [2.24, 2.45) is 24.1 Å². The number of nitrogens with two attached hydrogens (primary N) is 1. The summed E-state index contributed by atoms with van der Waals surface area (Å²) in [6.45, 7) is 4.52. The van der Waals surface area contributed by atoms with Gasteiger partial charge in [-0.3, -0.25) is 14.3 Å². The second kappa shape index (κ2) is 6.86. The topological polar surface area (TPSA) is 81.2 Å². The summed E-state index contributed by atoms with van der Waals surface area (Å²) in [4.78, 5) is 25.7. The largest absolute Gasteiger partial charge is 0.369 e. The van der Waals surface area contributed by atoms with Gasteiger partial charge in [0.1, 0.15) is 5.69 Å². The molecule has 6 nitrogen and oxygen atoms in total. The number of carbonyl (C=O) groups is 2. The van der Waals surface area contributed by atoms with Crippen LogP contribution in [0.3, 0.4) is 0 Å². The minimum atomic E-state index is -2.79. The van der Waals surface area contributed by atoms with Gasteiger partial charge in [0.15, 0.2) is 0 Å². The molecule has 1 atom stereocenters. The molecule has 0 saturated carbocycles. The Balaban J connectivity index is 2.12. The highest BCUT2D eigenvalue weighted by atomic mass is 19.3. The fourth-order valence-electron chi connectivity index (χ4n) is 3.24. The molecule has 0 aromatic carbocycles. The molecule has 1 aliphatic rings. The molecule has 24 heavy (non-hydrogen) atoms. The van der Waals surface area contributed by atoms with Gasteiger partial charge in [0.05, 0.1) is 5.56 Å².